The van der Waals surface area contributed by atoms with Crippen LogP contribution < -0.4 is 10.5 Å². The molecule has 21 heavy (non-hydrogen) atoms. The van der Waals surface area contributed by atoms with E-state index in [2.05, 4.69) is 53.4 Å². The summed E-state index contributed by atoms with van der Waals surface area (Å²) in [5, 5.41) is 2.07. The molecule has 0 saturated carbocycles. The molecule has 0 bridgehead atoms. The van der Waals surface area contributed by atoms with Crippen molar-refractivity contribution in [1.29, 1.82) is 0 Å². The fourth-order valence-corrected chi connectivity index (χ4v) is 3.77. The van der Waals surface area contributed by atoms with Gasteiger partial charge in [0.05, 0.1) is 0 Å². The van der Waals surface area contributed by atoms with Crippen molar-refractivity contribution in [1.82, 2.24) is 0 Å². The smallest absolute Gasteiger partial charge is 0.148 e. The molecule has 1 aromatic heterocycles. The quantitative estimate of drug-likeness (QED) is 0.718. The van der Waals surface area contributed by atoms with Crippen LogP contribution in [0, 0.1) is 0 Å². The summed E-state index contributed by atoms with van der Waals surface area (Å²) >= 11 is 5.18. The minimum absolute atomic E-state index is 0.00846. The topological polar surface area (TPSA) is 35.2 Å². The molecule has 2 unspecified atom stereocenters. The van der Waals surface area contributed by atoms with Gasteiger partial charge >= 0.3 is 0 Å². The molecule has 0 aliphatic rings. The van der Waals surface area contributed by atoms with Gasteiger partial charge in [0.25, 0.3) is 0 Å². The fraction of sp³-hybridized carbons (Fsp3) is 0.412. The lowest BCUT2D eigenvalue weighted by Crippen LogP contribution is -2.30. The zero-order valence-corrected chi connectivity index (χ0v) is 14.9. The van der Waals surface area contributed by atoms with Crippen molar-refractivity contribution < 1.29 is 4.74 Å². The average Bonchev–Trinajstić information content (AvgIpc) is 2.92. The number of benzene rings is 1. The average molecular weight is 368 g/mol. The van der Waals surface area contributed by atoms with Crippen molar-refractivity contribution in [2.45, 2.75) is 45.3 Å². The Bertz CT molecular complexity index is 552. The maximum Gasteiger partial charge on any atom is 0.148 e. The van der Waals surface area contributed by atoms with E-state index in [1.165, 1.54) is 5.56 Å². The lowest BCUT2D eigenvalue weighted by Gasteiger charge is -2.23. The lowest BCUT2D eigenvalue weighted by molar-refractivity contribution is 0.174. The molecule has 2 aromatic rings. The first-order valence-electron chi connectivity index (χ1n) is 7.39. The zero-order chi connectivity index (χ0) is 15.2. The Morgan fingerprint density at radius 3 is 2.48 bits per heavy atom. The lowest BCUT2D eigenvalue weighted by atomic mass is 10.1. The van der Waals surface area contributed by atoms with Crippen molar-refractivity contribution in [2.75, 3.05) is 0 Å². The molecule has 0 amide bonds. The van der Waals surface area contributed by atoms with E-state index in [1.54, 1.807) is 11.3 Å². The molecule has 1 heterocycles. The molecule has 0 spiro atoms. The molecule has 0 fully saturated rings. The summed E-state index contributed by atoms with van der Waals surface area (Å²) in [7, 11) is 0. The minimum atomic E-state index is -0.0941. The summed E-state index contributed by atoms with van der Waals surface area (Å²) in [6, 6.07) is 10.4. The van der Waals surface area contributed by atoms with Crippen LogP contribution in [0.3, 0.4) is 0 Å². The van der Waals surface area contributed by atoms with Crippen LogP contribution in [0.2, 0.25) is 0 Å². The van der Waals surface area contributed by atoms with E-state index < -0.39 is 0 Å². The number of nitrogens with two attached hydrogens (primary N) is 1. The molecule has 0 aliphatic heterocycles. The maximum absolute atomic E-state index is 6.25. The van der Waals surface area contributed by atoms with Crippen LogP contribution in [0.5, 0.6) is 5.75 Å². The molecular weight excluding hydrogens is 346 g/mol. The Morgan fingerprint density at radius 2 is 1.95 bits per heavy atom. The van der Waals surface area contributed by atoms with E-state index in [9.17, 15) is 0 Å². The summed E-state index contributed by atoms with van der Waals surface area (Å²) in [6.45, 7) is 4.28. The van der Waals surface area contributed by atoms with Gasteiger partial charge in [-0.15, -0.1) is 11.3 Å². The number of hydrogen-bond donors (Lipinski definition) is 1. The molecule has 4 heteroatoms. The highest BCUT2D eigenvalue weighted by atomic mass is 79.9. The van der Waals surface area contributed by atoms with E-state index in [-0.39, 0.29) is 12.1 Å². The van der Waals surface area contributed by atoms with Gasteiger partial charge in [0.2, 0.25) is 0 Å². The predicted molar refractivity (Wildman–Crippen MR) is 94.1 cm³/mol. The molecule has 2 nitrogen and oxygen atoms in total. The monoisotopic (exact) mass is 367 g/mol. The highest BCUT2D eigenvalue weighted by Crippen LogP contribution is 2.32. The standard InChI is InChI=1S/C17H22BrNOS/c1-3-5-12-6-8-14(9-7-12)20-17(15(19)4-2)16-10-13(18)11-21-16/h6-11,15,17H,3-5,19H2,1-2H3. The number of thiophene rings is 1. The first kappa shape index (κ1) is 16.5. The van der Waals surface area contributed by atoms with Crippen LogP contribution in [0.1, 0.15) is 43.2 Å². The van der Waals surface area contributed by atoms with Gasteiger partial charge in [0.15, 0.2) is 0 Å². The molecule has 0 radical (unpaired) electrons. The van der Waals surface area contributed by atoms with E-state index in [4.69, 9.17) is 10.5 Å². The second-order valence-electron chi connectivity index (χ2n) is 5.17. The molecule has 2 atom stereocenters. The normalized spacial score (nSPS) is 13.9. The summed E-state index contributed by atoms with van der Waals surface area (Å²) in [4.78, 5) is 1.16. The van der Waals surface area contributed by atoms with Crippen LogP contribution in [-0.4, -0.2) is 6.04 Å². The Hall–Kier alpha value is -0.840. The molecule has 1 aromatic carbocycles. The van der Waals surface area contributed by atoms with Crippen LogP contribution in [0.15, 0.2) is 40.2 Å². The number of hydrogen-bond acceptors (Lipinski definition) is 3. The van der Waals surface area contributed by atoms with Gasteiger partial charge in [-0.05, 0) is 52.5 Å². The molecule has 114 valence electrons. The van der Waals surface area contributed by atoms with E-state index >= 15 is 0 Å². The maximum atomic E-state index is 6.25. The summed E-state index contributed by atoms with van der Waals surface area (Å²) in [5.41, 5.74) is 7.60. The summed E-state index contributed by atoms with van der Waals surface area (Å²) < 4.78 is 7.25. The van der Waals surface area contributed by atoms with Crippen molar-refractivity contribution in [2.24, 2.45) is 5.73 Å². The SMILES string of the molecule is CCCc1ccc(OC(c2cc(Br)cs2)C(N)CC)cc1. The second-order valence-corrected chi connectivity index (χ2v) is 7.03. The Balaban J connectivity index is 2.15. The highest BCUT2D eigenvalue weighted by Gasteiger charge is 2.22. The van der Waals surface area contributed by atoms with Gasteiger partial charge in [0.1, 0.15) is 11.9 Å². The van der Waals surface area contributed by atoms with Crippen molar-refractivity contribution in [3.05, 3.63) is 50.6 Å². The first-order chi connectivity index (χ1) is 10.1. The van der Waals surface area contributed by atoms with E-state index in [0.717, 1.165) is 34.4 Å². The van der Waals surface area contributed by atoms with Gasteiger partial charge < -0.3 is 10.5 Å². The minimum Gasteiger partial charge on any atom is -0.483 e. The number of rotatable bonds is 7. The van der Waals surface area contributed by atoms with Gasteiger partial charge in [-0.2, -0.15) is 0 Å². The van der Waals surface area contributed by atoms with Crippen molar-refractivity contribution in [3.63, 3.8) is 0 Å². The Kier molecular flexibility index (Phi) is 6.27. The van der Waals surface area contributed by atoms with Gasteiger partial charge in [-0.1, -0.05) is 32.4 Å². The summed E-state index contributed by atoms with van der Waals surface area (Å²) in [5.74, 6) is 0.883. The van der Waals surface area contributed by atoms with Gasteiger partial charge in [-0.3, -0.25) is 0 Å². The molecular formula is C17H22BrNOS. The molecule has 2 N–H and O–H groups in total. The van der Waals surface area contributed by atoms with Crippen molar-refractivity contribution in [3.8, 4) is 5.75 Å². The van der Waals surface area contributed by atoms with Gasteiger partial charge in [-0.25, -0.2) is 0 Å². The largest absolute Gasteiger partial charge is 0.483 e. The van der Waals surface area contributed by atoms with E-state index in [0.29, 0.717) is 0 Å². The predicted octanol–water partition coefficient (Wildman–Crippen LogP) is 5.32. The zero-order valence-electron chi connectivity index (χ0n) is 12.5. The van der Waals surface area contributed by atoms with Crippen LogP contribution in [-0.2, 0) is 6.42 Å². The third-order valence-corrected chi connectivity index (χ3v) is 5.21. The Labute approximate surface area is 139 Å². The van der Waals surface area contributed by atoms with Crippen LogP contribution in [0.4, 0.5) is 0 Å². The molecule has 2 rings (SSSR count). The molecule has 0 saturated heterocycles. The van der Waals surface area contributed by atoms with Crippen molar-refractivity contribution >= 4 is 27.3 Å². The van der Waals surface area contributed by atoms with Gasteiger partial charge in [0, 0.05) is 20.8 Å². The number of aryl methyl sites for hydroxylation is 1. The fourth-order valence-electron chi connectivity index (χ4n) is 2.22. The van der Waals surface area contributed by atoms with Crippen LogP contribution in [0.25, 0.3) is 0 Å². The second kappa shape index (κ2) is 7.97. The third-order valence-electron chi connectivity index (χ3n) is 3.45. The number of halogens is 1. The third kappa shape index (κ3) is 4.56. The number of ether oxygens (including phenoxy) is 1. The van der Waals surface area contributed by atoms with E-state index in [1.807, 2.05) is 12.1 Å². The Morgan fingerprint density at radius 1 is 1.24 bits per heavy atom. The molecule has 0 aliphatic carbocycles. The summed E-state index contributed by atoms with van der Waals surface area (Å²) in [6.07, 6.45) is 3.06. The highest BCUT2D eigenvalue weighted by molar-refractivity contribution is 9.10. The van der Waals surface area contributed by atoms with Crippen LogP contribution >= 0.6 is 27.3 Å². The first-order valence-corrected chi connectivity index (χ1v) is 9.06.